The SMILES string of the molecule is C=C(Nc1cc2cc(C(=C)SC(C)=NC)ccc2cn1)c1ccnc(N(C)C2CCN(C)CC2)c1. The molecule has 0 bridgehead atoms. The first-order valence-corrected chi connectivity index (χ1v) is 12.7. The van der Waals surface area contributed by atoms with Crippen molar-refractivity contribution in [2.45, 2.75) is 25.8 Å². The summed E-state index contributed by atoms with van der Waals surface area (Å²) >= 11 is 1.59. The summed E-state index contributed by atoms with van der Waals surface area (Å²) in [5.41, 5.74) is 2.88. The molecule has 182 valence electrons. The zero-order chi connectivity index (χ0) is 24.9. The molecule has 1 aliphatic rings. The zero-order valence-corrected chi connectivity index (χ0v) is 21.9. The van der Waals surface area contributed by atoms with E-state index in [4.69, 9.17) is 0 Å². The Bertz CT molecular complexity index is 1260. The lowest BCUT2D eigenvalue weighted by molar-refractivity contribution is 0.252. The highest BCUT2D eigenvalue weighted by atomic mass is 32.2. The summed E-state index contributed by atoms with van der Waals surface area (Å²) in [7, 11) is 6.12. The third-order valence-corrected chi connectivity index (χ3v) is 7.56. The summed E-state index contributed by atoms with van der Waals surface area (Å²) in [6.07, 6.45) is 6.04. The Morgan fingerprint density at radius 1 is 1.09 bits per heavy atom. The van der Waals surface area contributed by atoms with E-state index in [9.17, 15) is 0 Å². The van der Waals surface area contributed by atoms with Crippen LogP contribution in [0.2, 0.25) is 0 Å². The van der Waals surface area contributed by atoms with Gasteiger partial charge in [0.2, 0.25) is 0 Å². The number of piperidine rings is 1. The number of nitrogens with one attached hydrogen (secondary N) is 1. The van der Waals surface area contributed by atoms with E-state index < -0.39 is 0 Å². The van der Waals surface area contributed by atoms with E-state index in [-0.39, 0.29) is 0 Å². The van der Waals surface area contributed by atoms with Crippen molar-refractivity contribution in [2.75, 3.05) is 44.4 Å². The summed E-state index contributed by atoms with van der Waals surface area (Å²) in [5.74, 6) is 1.73. The Kier molecular flexibility index (Phi) is 7.88. The molecule has 0 saturated carbocycles. The number of anilines is 2. The highest BCUT2D eigenvalue weighted by molar-refractivity contribution is 8.21. The molecular formula is C28H34N6S. The van der Waals surface area contributed by atoms with Crippen molar-refractivity contribution in [1.29, 1.82) is 0 Å². The maximum absolute atomic E-state index is 4.63. The fourth-order valence-corrected chi connectivity index (χ4v) is 4.95. The van der Waals surface area contributed by atoms with Crippen molar-refractivity contribution in [3.8, 4) is 0 Å². The summed E-state index contributed by atoms with van der Waals surface area (Å²) < 4.78 is 0. The highest BCUT2D eigenvalue weighted by Crippen LogP contribution is 2.30. The average molecular weight is 487 g/mol. The van der Waals surface area contributed by atoms with Gasteiger partial charge >= 0.3 is 0 Å². The fourth-order valence-electron chi connectivity index (χ4n) is 4.26. The third-order valence-electron chi connectivity index (χ3n) is 6.60. The van der Waals surface area contributed by atoms with Crippen LogP contribution in [-0.2, 0) is 0 Å². The molecule has 4 rings (SSSR count). The number of benzene rings is 1. The molecule has 0 aliphatic carbocycles. The molecule has 1 saturated heterocycles. The Morgan fingerprint density at radius 2 is 1.86 bits per heavy atom. The number of hydrogen-bond acceptors (Lipinski definition) is 7. The van der Waals surface area contributed by atoms with Gasteiger partial charge in [-0.1, -0.05) is 37.1 Å². The largest absolute Gasteiger partial charge is 0.357 e. The average Bonchev–Trinajstić information content (AvgIpc) is 2.88. The minimum absolute atomic E-state index is 0.506. The van der Waals surface area contributed by atoms with E-state index in [0.29, 0.717) is 6.04 Å². The number of pyridine rings is 2. The minimum atomic E-state index is 0.506. The quantitative estimate of drug-likeness (QED) is 0.327. The number of likely N-dealkylation sites (tertiary alicyclic amines) is 1. The van der Waals surface area contributed by atoms with Crippen LogP contribution in [0.4, 0.5) is 11.6 Å². The van der Waals surface area contributed by atoms with Gasteiger partial charge in [0.05, 0.1) is 5.04 Å². The van der Waals surface area contributed by atoms with Gasteiger partial charge in [-0.05, 0) is 75.1 Å². The second-order valence-corrected chi connectivity index (χ2v) is 10.3. The summed E-state index contributed by atoms with van der Waals surface area (Å²) in [6.45, 7) is 12.7. The maximum atomic E-state index is 4.63. The summed E-state index contributed by atoms with van der Waals surface area (Å²) in [4.78, 5) is 19.1. The standard InChI is InChI=1S/C28H34N6S/c1-19(22-9-12-30-28(17-22)34(6)26-10-13-33(5)14-11-26)32-27-16-25-15-23(7-8-24(25)18-31-27)20(2)35-21(3)29-4/h7-9,12,15-18,26H,1-2,10-11,13-14H2,3-6H3,(H,31,32). The topological polar surface area (TPSA) is 56.7 Å². The lowest BCUT2D eigenvalue weighted by atomic mass is 10.0. The molecule has 6 nitrogen and oxygen atoms in total. The van der Waals surface area contributed by atoms with Gasteiger partial charge in [0.15, 0.2) is 0 Å². The Morgan fingerprint density at radius 3 is 2.60 bits per heavy atom. The summed E-state index contributed by atoms with van der Waals surface area (Å²) in [6, 6.07) is 12.9. The van der Waals surface area contributed by atoms with E-state index in [0.717, 1.165) is 75.1 Å². The Balaban J connectivity index is 1.49. The predicted molar refractivity (Wildman–Crippen MR) is 153 cm³/mol. The van der Waals surface area contributed by atoms with Crippen LogP contribution in [0.5, 0.6) is 0 Å². The Hall–Kier alpha value is -3.16. The molecule has 3 aromatic rings. The van der Waals surface area contributed by atoms with Crippen LogP contribution in [0.25, 0.3) is 21.4 Å². The molecule has 0 radical (unpaired) electrons. The lowest BCUT2D eigenvalue weighted by Crippen LogP contribution is -2.42. The lowest BCUT2D eigenvalue weighted by Gasteiger charge is -2.35. The molecule has 1 aliphatic heterocycles. The zero-order valence-electron chi connectivity index (χ0n) is 21.1. The van der Waals surface area contributed by atoms with Gasteiger partial charge in [-0.3, -0.25) is 4.99 Å². The van der Waals surface area contributed by atoms with E-state index in [1.54, 1.807) is 18.8 Å². The van der Waals surface area contributed by atoms with Crippen LogP contribution in [-0.4, -0.2) is 60.2 Å². The van der Waals surface area contributed by atoms with E-state index >= 15 is 0 Å². The third kappa shape index (κ3) is 6.10. The number of hydrogen-bond donors (Lipinski definition) is 1. The maximum Gasteiger partial charge on any atom is 0.130 e. The smallest absolute Gasteiger partial charge is 0.130 e. The van der Waals surface area contributed by atoms with Gasteiger partial charge in [0.25, 0.3) is 0 Å². The van der Waals surface area contributed by atoms with Crippen molar-refractivity contribution in [3.63, 3.8) is 0 Å². The minimum Gasteiger partial charge on any atom is -0.357 e. The molecule has 1 fully saturated rings. The summed E-state index contributed by atoms with van der Waals surface area (Å²) in [5, 5.41) is 6.55. The molecular weight excluding hydrogens is 452 g/mol. The molecule has 0 unspecified atom stereocenters. The second kappa shape index (κ2) is 11.1. The molecule has 0 atom stereocenters. The molecule has 2 aromatic heterocycles. The number of thioether (sulfide) groups is 1. The monoisotopic (exact) mass is 486 g/mol. The van der Waals surface area contributed by atoms with Crippen LogP contribution < -0.4 is 10.2 Å². The van der Waals surface area contributed by atoms with E-state index in [1.807, 2.05) is 25.4 Å². The van der Waals surface area contributed by atoms with E-state index in [1.165, 1.54) is 0 Å². The van der Waals surface area contributed by atoms with E-state index in [2.05, 4.69) is 87.7 Å². The first-order valence-electron chi connectivity index (χ1n) is 11.9. The van der Waals surface area contributed by atoms with Crippen molar-refractivity contribution in [3.05, 3.63) is 73.1 Å². The van der Waals surface area contributed by atoms with Crippen molar-refractivity contribution in [2.24, 2.45) is 4.99 Å². The first-order chi connectivity index (χ1) is 16.8. The van der Waals surface area contributed by atoms with Gasteiger partial charge in [0.1, 0.15) is 11.6 Å². The number of nitrogens with zero attached hydrogens (tertiary/aromatic N) is 5. The molecule has 0 spiro atoms. The van der Waals surface area contributed by atoms with Gasteiger partial charge in [-0.25, -0.2) is 9.97 Å². The first kappa shape index (κ1) is 24.9. The normalized spacial score (nSPS) is 15.3. The van der Waals surface area contributed by atoms with Crippen molar-refractivity contribution < 1.29 is 0 Å². The molecule has 35 heavy (non-hydrogen) atoms. The van der Waals surface area contributed by atoms with Gasteiger partial charge in [-0.15, -0.1) is 0 Å². The van der Waals surface area contributed by atoms with Crippen LogP contribution in [0, 0.1) is 0 Å². The number of rotatable bonds is 7. The highest BCUT2D eigenvalue weighted by Gasteiger charge is 2.21. The van der Waals surface area contributed by atoms with Gasteiger partial charge in [-0.2, -0.15) is 0 Å². The number of aromatic nitrogens is 2. The van der Waals surface area contributed by atoms with Crippen molar-refractivity contribution >= 4 is 49.8 Å². The van der Waals surface area contributed by atoms with Crippen LogP contribution in [0.1, 0.15) is 30.9 Å². The van der Waals surface area contributed by atoms with Gasteiger partial charge in [0, 0.05) is 54.1 Å². The van der Waals surface area contributed by atoms with Crippen LogP contribution in [0.3, 0.4) is 0 Å². The molecule has 7 heteroatoms. The number of aliphatic imine (C=N–C) groups is 1. The molecule has 1 N–H and O–H groups in total. The van der Waals surface area contributed by atoms with Crippen LogP contribution >= 0.6 is 11.8 Å². The molecule has 0 amide bonds. The van der Waals surface area contributed by atoms with Gasteiger partial charge < -0.3 is 15.1 Å². The van der Waals surface area contributed by atoms with Crippen LogP contribution in [0.15, 0.2) is 66.9 Å². The molecule has 1 aromatic carbocycles. The number of fused-ring (bicyclic) bond motifs is 1. The predicted octanol–water partition coefficient (Wildman–Crippen LogP) is 6.00. The fraction of sp³-hybridized carbons (Fsp3) is 0.321. The molecule has 3 heterocycles. The Labute approximate surface area is 212 Å². The van der Waals surface area contributed by atoms with Crippen molar-refractivity contribution in [1.82, 2.24) is 14.9 Å². The second-order valence-electron chi connectivity index (χ2n) is 9.05.